The van der Waals surface area contributed by atoms with Crippen LogP contribution in [-0.4, -0.2) is 80.4 Å². The molecule has 6 heterocycles. The van der Waals surface area contributed by atoms with Crippen LogP contribution in [0.2, 0.25) is 5.02 Å². The van der Waals surface area contributed by atoms with E-state index in [4.69, 9.17) is 16.3 Å². The fourth-order valence-electron chi connectivity index (χ4n) is 6.70. The molecular formula is C32H30ClF3N10O5. The summed E-state index contributed by atoms with van der Waals surface area (Å²) in [6, 6.07) is 2.61. The van der Waals surface area contributed by atoms with Crippen molar-refractivity contribution in [2.75, 3.05) is 25.0 Å². The molecule has 2 N–H and O–H groups in total. The Bertz CT molecular complexity index is 2290. The fraction of sp³-hybridized carbons (Fsp3) is 0.375. The van der Waals surface area contributed by atoms with E-state index in [2.05, 4.69) is 30.5 Å². The van der Waals surface area contributed by atoms with Crippen molar-refractivity contribution in [3.05, 3.63) is 80.0 Å². The zero-order chi connectivity index (χ0) is 36.4. The van der Waals surface area contributed by atoms with Gasteiger partial charge in [-0.2, -0.15) is 27.8 Å². The van der Waals surface area contributed by atoms with Crippen molar-refractivity contribution in [2.45, 2.75) is 51.4 Å². The molecule has 0 atom stereocenters. The van der Waals surface area contributed by atoms with Crippen LogP contribution in [-0.2, 0) is 41.3 Å². The number of aromatic hydroxyl groups is 1. The van der Waals surface area contributed by atoms with Gasteiger partial charge < -0.3 is 24.6 Å². The van der Waals surface area contributed by atoms with Crippen molar-refractivity contribution in [3.63, 3.8) is 0 Å². The number of carbonyl (C=O) groups is 2. The first kappa shape index (κ1) is 34.1. The number of nitrogens with zero attached hydrogens (tertiary/aromatic N) is 9. The Balaban J connectivity index is 1.28. The van der Waals surface area contributed by atoms with Crippen LogP contribution in [0, 0.1) is 13.8 Å². The lowest BCUT2D eigenvalue weighted by molar-refractivity contribution is -0.137. The van der Waals surface area contributed by atoms with Crippen molar-refractivity contribution in [1.29, 1.82) is 0 Å². The second-order valence-electron chi connectivity index (χ2n) is 12.4. The zero-order valence-electron chi connectivity index (χ0n) is 27.5. The van der Waals surface area contributed by atoms with Crippen LogP contribution in [0.3, 0.4) is 0 Å². The van der Waals surface area contributed by atoms with Crippen molar-refractivity contribution in [2.24, 2.45) is 7.05 Å². The summed E-state index contributed by atoms with van der Waals surface area (Å²) in [7, 11) is 1.73. The maximum atomic E-state index is 14.4. The third-order valence-electron chi connectivity index (χ3n) is 9.22. The molecule has 0 saturated carbocycles. The Labute approximate surface area is 291 Å². The van der Waals surface area contributed by atoms with Gasteiger partial charge in [0.15, 0.2) is 17.3 Å². The highest BCUT2D eigenvalue weighted by Crippen LogP contribution is 2.41. The van der Waals surface area contributed by atoms with Crippen LogP contribution < -0.4 is 10.9 Å². The number of hydrogen-bond donors (Lipinski definition) is 2. The molecule has 266 valence electrons. The first-order valence-electron chi connectivity index (χ1n) is 15.8. The molecule has 4 aromatic heterocycles. The molecule has 51 heavy (non-hydrogen) atoms. The number of anilines is 1. The van der Waals surface area contributed by atoms with Gasteiger partial charge >= 0.3 is 6.18 Å². The number of fused-ring (bicyclic) bond motifs is 3. The van der Waals surface area contributed by atoms with E-state index in [0.29, 0.717) is 17.0 Å². The topological polar surface area (TPSA) is 175 Å². The summed E-state index contributed by atoms with van der Waals surface area (Å²) in [4.78, 5) is 55.4. The number of likely N-dealkylation sites (tertiary alicyclic amines) is 1. The summed E-state index contributed by atoms with van der Waals surface area (Å²) in [5.74, 6) is -1.20. The Kier molecular flexibility index (Phi) is 8.32. The monoisotopic (exact) mass is 726 g/mol. The summed E-state index contributed by atoms with van der Waals surface area (Å²) < 4.78 is 50.3. The van der Waals surface area contributed by atoms with Gasteiger partial charge in [0.25, 0.3) is 11.5 Å². The highest BCUT2D eigenvalue weighted by atomic mass is 35.5. The number of aromatic nitrogens is 8. The number of piperidine rings is 1. The Morgan fingerprint density at radius 2 is 1.86 bits per heavy atom. The minimum Gasteiger partial charge on any atom is -0.504 e. The number of hydrogen-bond acceptors (Lipinski definition) is 10. The molecule has 1 aromatic carbocycles. The van der Waals surface area contributed by atoms with E-state index in [0.717, 1.165) is 22.7 Å². The van der Waals surface area contributed by atoms with Crippen molar-refractivity contribution >= 4 is 34.9 Å². The summed E-state index contributed by atoms with van der Waals surface area (Å²) >= 11 is 6.13. The number of aryl methyl sites for hydroxylation is 3. The summed E-state index contributed by atoms with van der Waals surface area (Å²) in [5.41, 5.74) is -0.647. The number of rotatable bonds is 5. The van der Waals surface area contributed by atoms with Crippen molar-refractivity contribution in [1.82, 2.24) is 43.8 Å². The molecule has 1 spiro atoms. The van der Waals surface area contributed by atoms with Gasteiger partial charge in [-0.05, 0) is 44.9 Å². The average molecular weight is 727 g/mol. The van der Waals surface area contributed by atoms with Crippen LogP contribution in [0.1, 0.15) is 51.5 Å². The molecule has 7 rings (SSSR count). The molecule has 2 aliphatic rings. The molecule has 2 aliphatic heterocycles. The molecule has 2 amide bonds. The number of nitrogens with one attached hydrogen (secondary N) is 1. The minimum absolute atomic E-state index is 0.0319. The van der Waals surface area contributed by atoms with E-state index in [9.17, 15) is 32.7 Å². The molecule has 15 nitrogen and oxygen atoms in total. The SMILES string of the molecule is Cc1nn(C)cc1-c1nc2n(CC(=O)Nc3ccc(C(F)(F)F)cc3Cl)c3c(c(=O)n2n1)C1(CCN(C(=O)c2ncnc(C)c2O)CC1)OCC3. The van der Waals surface area contributed by atoms with Crippen LogP contribution in [0.4, 0.5) is 18.9 Å². The second-order valence-corrected chi connectivity index (χ2v) is 12.9. The van der Waals surface area contributed by atoms with Crippen LogP contribution >= 0.6 is 11.6 Å². The molecule has 1 saturated heterocycles. The Morgan fingerprint density at radius 3 is 2.53 bits per heavy atom. The number of carbonyl (C=O) groups excluding carboxylic acids is 2. The van der Waals surface area contributed by atoms with E-state index in [1.165, 1.54) is 11.2 Å². The van der Waals surface area contributed by atoms with Gasteiger partial charge in [-0.15, -0.1) is 5.10 Å². The molecule has 0 radical (unpaired) electrons. The van der Waals surface area contributed by atoms with Gasteiger partial charge in [-0.1, -0.05) is 11.6 Å². The highest BCUT2D eigenvalue weighted by molar-refractivity contribution is 6.33. The second kappa shape index (κ2) is 12.4. The molecule has 1 fully saturated rings. The van der Waals surface area contributed by atoms with Gasteiger partial charge in [0.05, 0.1) is 45.4 Å². The average Bonchev–Trinajstić information content (AvgIpc) is 3.67. The largest absolute Gasteiger partial charge is 0.504 e. The normalized spacial score (nSPS) is 15.7. The van der Waals surface area contributed by atoms with E-state index in [1.807, 2.05) is 0 Å². The number of halogens is 4. The van der Waals surface area contributed by atoms with E-state index in [1.54, 1.807) is 36.3 Å². The third kappa shape index (κ3) is 5.97. The van der Waals surface area contributed by atoms with Crippen molar-refractivity contribution in [3.8, 4) is 17.1 Å². The number of alkyl halides is 3. The predicted octanol–water partition coefficient (Wildman–Crippen LogP) is 3.42. The molecular weight excluding hydrogens is 697 g/mol. The third-order valence-corrected chi connectivity index (χ3v) is 9.53. The van der Waals surface area contributed by atoms with Crippen LogP contribution in [0.15, 0.2) is 35.5 Å². The minimum atomic E-state index is -4.62. The standard InChI is InChI=1S/C32H30ClF3N10O5/c1-16-19(13-43(3)41-16)27-40-30-45(14-23(47)39-21-5-4-18(12-20(21)33)32(34,35)36)22-6-11-51-31(24(22)28(49)46(30)42-27)7-9-44(10-8-31)29(50)25-26(48)17(2)37-15-38-25/h4-5,12-13,15,48H,6-11,14H2,1-3H3,(H,39,47). The van der Waals surface area contributed by atoms with Crippen molar-refractivity contribution < 1.29 is 32.6 Å². The summed E-state index contributed by atoms with van der Waals surface area (Å²) in [6.45, 7) is 3.41. The van der Waals surface area contributed by atoms with E-state index in [-0.39, 0.29) is 84.0 Å². The fourth-order valence-corrected chi connectivity index (χ4v) is 6.92. The first-order chi connectivity index (χ1) is 24.2. The smallest absolute Gasteiger partial charge is 0.416 e. The van der Waals surface area contributed by atoms with Gasteiger partial charge in [0.1, 0.15) is 18.5 Å². The van der Waals surface area contributed by atoms with Crippen LogP contribution in [0.5, 0.6) is 5.75 Å². The maximum absolute atomic E-state index is 14.4. The van der Waals surface area contributed by atoms with E-state index >= 15 is 0 Å². The lowest BCUT2D eigenvalue weighted by Crippen LogP contribution is -2.52. The maximum Gasteiger partial charge on any atom is 0.416 e. The molecule has 0 bridgehead atoms. The molecule has 5 aromatic rings. The number of amides is 2. The lowest BCUT2D eigenvalue weighted by Gasteiger charge is -2.44. The Hall–Kier alpha value is -5.36. The molecule has 0 aliphatic carbocycles. The van der Waals surface area contributed by atoms with Gasteiger partial charge in [0.2, 0.25) is 11.7 Å². The zero-order valence-corrected chi connectivity index (χ0v) is 28.2. The van der Waals surface area contributed by atoms with Gasteiger partial charge in [-0.3, -0.25) is 19.1 Å². The quantitative estimate of drug-likeness (QED) is 0.273. The first-order valence-corrected chi connectivity index (χ1v) is 16.2. The van der Waals surface area contributed by atoms with Gasteiger partial charge in [0, 0.05) is 38.4 Å². The predicted molar refractivity (Wildman–Crippen MR) is 174 cm³/mol. The van der Waals surface area contributed by atoms with E-state index < -0.39 is 41.3 Å². The Morgan fingerprint density at radius 1 is 1.12 bits per heavy atom. The molecule has 0 unspecified atom stereocenters. The molecule has 19 heteroatoms. The summed E-state index contributed by atoms with van der Waals surface area (Å²) in [5, 5.41) is 21.6. The summed E-state index contributed by atoms with van der Waals surface area (Å²) in [6.07, 6.45) is -1.09. The lowest BCUT2D eigenvalue weighted by atomic mass is 9.81. The number of ether oxygens (including phenoxy) is 1. The van der Waals surface area contributed by atoms with Crippen LogP contribution in [0.25, 0.3) is 17.2 Å². The highest BCUT2D eigenvalue weighted by Gasteiger charge is 2.46. The van der Waals surface area contributed by atoms with Gasteiger partial charge in [-0.25, -0.2) is 9.97 Å². The number of benzene rings is 1.